The second-order valence-electron chi connectivity index (χ2n) is 3.07. The van der Waals surface area contributed by atoms with Gasteiger partial charge in [0.1, 0.15) is 6.04 Å². The summed E-state index contributed by atoms with van der Waals surface area (Å²) in [6, 6.07) is -2.12. The highest BCUT2D eigenvalue weighted by atomic mass is 19.3. The predicted molar refractivity (Wildman–Crippen MR) is 50.3 cm³/mol. The minimum Gasteiger partial charge on any atom is -0.480 e. The second kappa shape index (κ2) is 6.94. The molecule has 0 aromatic carbocycles. The first-order chi connectivity index (χ1) is 7.38. The lowest BCUT2D eigenvalue weighted by molar-refractivity contribution is -0.138. The summed E-state index contributed by atoms with van der Waals surface area (Å²) in [4.78, 5) is 22.4. The van der Waals surface area contributed by atoms with Crippen LogP contribution in [0.5, 0.6) is 0 Å². The quantitative estimate of drug-likeness (QED) is 0.596. The number of halogens is 2. The van der Waals surface area contributed by atoms with Gasteiger partial charge in [-0.25, -0.2) is 13.6 Å². The van der Waals surface area contributed by atoms with Crippen LogP contribution in [0.15, 0.2) is 0 Å². The Hall–Kier alpha value is -1.44. The Balaban J connectivity index is 4.31. The van der Waals surface area contributed by atoms with Gasteiger partial charge in [-0.3, -0.25) is 4.79 Å². The summed E-state index contributed by atoms with van der Waals surface area (Å²) in [7, 11) is 0. The molecule has 0 aromatic rings. The van der Waals surface area contributed by atoms with Crippen molar-refractivity contribution in [1.29, 1.82) is 0 Å². The van der Waals surface area contributed by atoms with Crippen LogP contribution < -0.4 is 5.32 Å². The molecule has 0 aliphatic rings. The maximum absolute atomic E-state index is 12.0. The van der Waals surface area contributed by atoms with Gasteiger partial charge in [-0.2, -0.15) is 0 Å². The van der Waals surface area contributed by atoms with E-state index in [-0.39, 0.29) is 6.54 Å². The highest BCUT2D eigenvalue weighted by Crippen LogP contribution is 1.99. The van der Waals surface area contributed by atoms with E-state index in [1.807, 2.05) is 5.32 Å². The molecular formula is C8H14F2N2O4. The summed E-state index contributed by atoms with van der Waals surface area (Å²) in [5.74, 6) is -1.27. The molecule has 1 atom stereocenters. The number of aliphatic carboxylic acids is 1. The number of carboxylic acid groups (broad SMARTS) is 1. The van der Waals surface area contributed by atoms with Crippen molar-refractivity contribution >= 4 is 12.0 Å². The third kappa shape index (κ3) is 5.44. The molecule has 0 radical (unpaired) electrons. The summed E-state index contributed by atoms with van der Waals surface area (Å²) >= 11 is 0. The van der Waals surface area contributed by atoms with Gasteiger partial charge < -0.3 is 20.4 Å². The Morgan fingerprint density at radius 3 is 2.38 bits per heavy atom. The van der Waals surface area contributed by atoms with Crippen molar-refractivity contribution in [2.24, 2.45) is 0 Å². The van der Waals surface area contributed by atoms with E-state index < -0.39 is 37.6 Å². The average molecular weight is 240 g/mol. The van der Waals surface area contributed by atoms with Crippen molar-refractivity contribution in [3.8, 4) is 0 Å². The first kappa shape index (κ1) is 14.6. The van der Waals surface area contributed by atoms with E-state index in [4.69, 9.17) is 10.2 Å². The molecule has 0 fully saturated rings. The van der Waals surface area contributed by atoms with Gasteiger partial charge in [0.15, 0.2) is 0 Å². The molecule has 94 valence electrons. The number of aliphatic hydroxyl groups is 1. The van der Waals surface area contributed by atoms with Crippen LogP contribution in [0, 0.1) is 0 Å². The van der Waals surface area contributed by atoms with E-state index >= 15 is 0 Å². The fourth-order valence-corrected chi connectivity index (χ4v) is 0.901. The van der Waals surface area contributed by atoms with Gasteiger partial charge in [0.25, 0.3) is 6.43 Å². The number of nitrogens with zero attached hydrogens (tertiary/aromatic N) is 1. The lowest BCUT2D eigenvalue weighted by Gasteiger charge is -2.22. The number of alkyl halides is 2. The standard InChI is InChI=1S/C8H14F2N2O4/c1-5(7(14)15)11-8(16)12(2-3-13)4-6(9)10/h5-6,13H,2-4H2,1H3,(H,11,16)(H,14,15). The maximum Gasteiger partial charge on any atom is 0.325 e. The smallest absolute Gasteiger partial charge is 0.325 e. The van der Waals surface area contributed by atoms with Crippen molar-refractivity contribution in [2.75, 3.05) is 19.7 Å². The number of nitrogens with one attached hydrogen (secondary N) is 1. The molecule has 1 unspecified atom stereocenters. The zero-order chi connectivity index (χ0) is 12.7. The topological polar surface area (TPSA) is 89.9 Å². The number of amides is 2. The van der Waals surface area contributed by atoms with Crippen LogP contribution in [0.1, 0.15) is 6.92 Å². The molecule has 0 rings (SSSR count). The maximum atomic E-state index is 12.0. The van der Waals surface area contributed by atoms with Gasteiger partial charge in [0.2, 0.25) is 0 Å². The van der Waals surface area contributed by atoms with Crippen molar-refractivity contribution in [1.82, 2.24) is 10.2 Å². The number of urea groups is 1. The Morgan fingerprint density at radius 1 is 1.44 bits per heavy atom. The summed E-state index contributed by atoms with van der Waals surface area (Å²) in [6.45, 7) is -0.386. The second-order valence-corrected chi connectivity index (χ2v) is 3.07. The van der Waals surface area contributed by atoms with Crippen LogP contribution >= 0.6 is 0 Å². The fraction of sp³-hybridized carbons (Fsp3) is 0.750. The summed E-state index contributed by atoms with van der Waals surface area (Å²) in [6.07, 6.45) is -2.74. The van der Waals surface area contributed by atoms with Crippen LogP contribution in [-0.4, -0.2) is 59.3 Å². The number of rotatable bonds is 6. The molecule has 8 heteroatoms. The molecule has 3 N–H and O–H groups in total. The fourth-order valence-electron chi connectivity index (χ4n) is 0.901. The molecule has 0 aliphatic carbocycles. The lowest BCUT2D eigenvalue weighted by Crippen LogP contribution is -2.48. The molecular weight excluding hydrogens is 226 g/mol. The monoisotopic (exact) mass is 240 g/mol. The van der Waals surface area contributed by atoms with E-state index in [0.717, 1.165) is 0 Å². The van der Waals surface area contributed by atoms with Gasteiger partial charge in [0, 0.05) is 6.54 Å². The SMILES string of the molecule is CC(NC(=O)N(CCO)CC(F)F)C(=O)O. The van der Waals surface area contributed by atoms with Crippen LogP contribution in [0.25, 0.3) is 0 Å². The molecule has 0 heterocycles. The van der Waals surface area contributed by atoms with Gasteiger partial charge in [-0.1, -0.05) is 0 Å². The van der Waals surface area contributed by atoms with Gasteiger partial charge in [-0.05, 0) is 6.92 Å². The first-order valence-electron chi connectivity index (χ1n) is 4.55. The largest absolute Gasteiger partial charge is 0.480 e. The molecule has 6 nitrogen and oxygen atoms in total. The van der Waals surface area contributed by atoms with Crippen molar-refractivity contribution < 1.29 is 28.6 Å². The third-order valence-corrected chi connectivity index (χ3v) is 1.73. The predicted octanol–water partition coefficient (Wildman–Crippen LogP) is -0.272. The number of carboxylic acids is 1. The summed E-state index contributed by atoms with van der Waals surface area (Å²) in [5.41, 5.74) is 0. The molecule has 2 amide bonds. The zero-order valence-electron chi connectivity index (χ0n) is 8.69. The van der Waals surface area contributed by atoms with E-state index in [1.165, 1.54) is 6.92 Å². The first-order valence-corrected chi connectivity index (χ1v) is 4.55. The molecule has 0 bridgehead atoms. The molecule has 0 aromatic heterocycles. The Bertz CT molecular complexity index is 250. The summed E-state index contributed by atoms with van der Waals surface area (Å²) < 4.78 is 24.1. The zero-order valence-corrected chi connectivity index (χ0v) is 8.69. The lowest BCUT2D eigenvalue weighted by atomic mass is 10.3. The highest BCUT2D eigenvalue weighted by Gasteiger charge is 2.21. The van der Waals surface area contributed by atoms with E-state index in [0.29, 0.717) is 4.90 Å². The van der Waals surface area contributed by atoms with E-state index in [2.05, 4.69) is 0 Å². The number of hydrogen-bond donors (Lipinski definition) is 3. The number of hydrogen-bond acceptors (Lipinski definition) is 3. The van der Waals surface area contributed by atoms with Crippen molar-refractivity contribution in [3.05, 3.63) is 0 Å². The van der Waals surface area contributed by atoms with Crippen molar-refractivity contribution in [3.63, 3.8) is 0 Å². The van der Waals surface area contributed by atoms with Crippen LogP contribution in [0.4, 0.5) is 13.6 Å². The van der Waals surface area contributed by atoms with Crippen LogP contribution in [0.2, 0.25) is 0 Å². The highest BCUT2D eigenvalue weighted by molar-refractivity contribution is 5.82. The number of aliphatic hydroxyl groups excluding tert-OH is 1. The normalized spacial score (nSPS) is 12.3. The molecule has 16 heavy (non-hydrogen) atoms. The molecule has 0 aliphatic heterocycles. The van der Waals surface area contributed by atoms with Crippen LogP contribution in [0.3, 0.4) is 0 Å². The molecule has 0 spiro atoms. The van der Waals surface area contributed by atoms with Gasteiger partial charge in [0.05, 0.1) is 13.2 Å². The third-order valence-electron chi connectivity index (χ3n) is 1.73. The van der Waals surface area contributed by atoms with Gasteiger partial charge in [-0.15, -0.1) is 0 Å². The Labute approximate surface area is 90.8 Å². The number of carbonyl (C=O) groups is 2. The minimum absolute atomic E-state index is 0.275. The minimum atomic E-state index is -2.74. The molecule has 0 saturated heterocycles. The van der Waals surface area contributed by atoms with E-state index in [9.17, 15) is 18.4 Å². The number of carbonyl (C=O) groups excluding carboxylic acids is 1. The average Bonchev–Trinajstić information content (AvgIpc) is 2.16. The van der Waals surface area contributed by atoms with Crippen molar-refractivity contribution in [2.45, 2.75) is 19.4 Å². The Morgan fingerprint density at radius 2 is 2.00 bits per heavy atom. The molecule has 0 saturated carbocycles. The van der Waals surface area contributed by atoms with Crippen LogP contribution in [-0.2, 0) is 4.79 Å². The van der Waals surface area contributed by atoms with E-state index in [1.54, 1.807) is 0 Å². The summed E-state index contributed by atoms with van der Waals surface area (Å²) in [5, 5.41) is 19.1. The Kier molecular flexibility index (Phi) is 6.31. The van der Waals surface area contributed by atoms with Gasteiger partial charge >= 0.3 is 12.0 Å².